The van der Waals surface area contributed by atoms with E-state index < -0.39 is 23.5 Å². The van der Waals surface area contributed by atoms with E-state index in [1.807, 2.05) is 39.0 Å². The lowest BCUT2D eigenvalue weighted by Gasteiger charge is -2.25. The van der Waals surface area contributed by atoms with Gasteiger partial charge in [0.15, 0.2) is 17.9 Å². The molecule has 2 amide bonds. The number of ether oxygens (including phenoxy) is 1. The summed E-state index contributed by atoms with van der Waals surface area (Å²) in [5.74, 6) is -0.530. The third kappa shape index (κ3) is 6.98. The zero-order valence-corrected chi connectivity index (χ0v) is 22.7. The average molecular weight is 525 g/mol. The zero-order valence-electron chi connectivity index (χ0n) is 22.0. The lowest BCUT2D eigenvalue weighted by Crippen LogP contribution is -2.38. The number of Topliss-reactive ketones (excluding diaryl/α,β-unsaturated/α-hetero) is 1. The lowest BCUT2D eigenvalue weighted by atomic mass is 9.86. The Morgan fingerprint density at radius 1 is 1.05 bits per heavy atom. The van der Waals surface area contributed by atoms with Crippen molar-refractivity contribution < 1.29 is 19.1 Å². The van der Waals surface area contributed by atoms with Gasteiger partial charge in [0.25, 0.3) is 11.8 Å². The van der Waals surface area contributed by atoms with Crippen molar-refractivity contribution in [1.82, 2.24) is 9.55 Å². The van der Waals surface area contributed by atoms with Gasteiger partial charge in [-0.15, -0.1) is 0 Å². The van der Waals surface area contributed by atoms with Gasteiger partial charge in [0, 0.05) is 23.5 Å². The van der Waals surface area contributed by atoms with Crippen LogP contribution >= 0.6 is 11.6 Å². The highest BCUT2D eigenvalue weighted by molar-refractivity contribution is 6.34. The minimum atomic E-state index is -1.13. The summed E-state index contributed by atoms with van der Waals surface area (Å²) in [5.41, 5.74) is 1.97. The van der Waals surface area contributed by atoms with Gasteiger partial charge in [-0.3, -0.25) is 14.4 Å². The predicted octanol–water partition coefficient (Wildman–Crippen LogP) is 5.74. The summed E-state index contributed by atoms with van der Waals surface area (Å²) >= 11 is 6.35. The Balaban J connectivity index is 1.78. The quantitative estimate of drug-likeness (QED) is 0.347. The van der Waals surface area contributed by atoms with Gasteiger partial charge in [0.05, 0.1) is 17.0 Å². The number of aromatic nitrogens is 2. The Morgan fingerprint density at radius 3 is 2.38 bits per heavy atom. The summed E-state index contributed by atoms with van der Waals surface area (Å²) < 4.78 is 7.44. The number of aryl methyl sites for hydroxylation is 2. The topological polar surface area (TPSA) is 102 Å². The standard InChI is InChI=1S/C28H33ClN4O4/c1-7-22(37-23-11-8-17(2)14-18(23)3)26(35)31-19-9-10-20(29)21(15-19)32-27(36)24(25(34)28(4,5)6)33-13-12-30-16-33/h8-16,22,24H,7H2,1-6H3,(H,31,35)(H,32,36). The highest BCUT2D eigenvalue weighted by Crippen LogP contribution is 2.29. The minimum absolute atomic E-state index is 0.262. The number of carbonyl (C=O) groups excluding carboxylic acids is 3. The molecule has 0 radical (unpaired) electrons. The normalized spacial score (nSPS) is 12.9. The molecular formula is C28H33ClN4O4. The molecule has 2 N–H and O–H groups in total. The first-order valence-electron chi connectivity index (χ1n) is 12.1. The van der Waals surface area contributed by atoms with E-state index in [9.17, 15) is 14.4 Å². The number of halogens is 1. The fourth-order valence-corrected chi connectivity index (χ4v) is 3.92. The molecule has 3 rings (SSSR count). The van der Waals surface area contributed by atoms with Crippen molar-refractivity contribution in [2.45, 2.75) is 60.1 Å². The number of hydrogen-bond donors (Lipinski definition) is 2. The smallest absolute Gasteiger partial charge is 0.265 e. The third-order valence-electron chi connectivity index (χ3n) is 5.81. The molecule has 2 unspecified atom stereocenters. The maximum Gasteiger partial charge on any atom is 0.265 e. The molecule has 1 aromatic heterocycles. The van der Waals surface area contributed by atoms with Crippen LogP contribution in [-0.2, 0) is 14.4 Å². The second kappa shape index (κ2) is 11.6. The van der Waals surface area contributed by atoms with Gasteiger partial charge < -0.3 is 19.9 Å². The average Bonchev–Trinajstić information content (AvgIpc) is 3.34. The van der Waals surface area contributed by atoms with Crippen molar-refractivity contribution >= 4 is 40.6 Å². The molecule has 0 aliphatic carbocycles. The fourth-order valence-electron chi connectivity index (χ4n) is 3.75. The SMILES string of the molecule is CCC(Oc1ccc(C)cc1C)C(=O)Nc1ccc(Cl)c(NC(=O)C(C(=O)C(C)(C)C)n2ccnc2)c1. The number of benzene rings is 2. The number of nitrogens with zero attached hydrogens (tertiary/aromatic N) is 2. The molecule has 1 heterocycles. The van der Waals surface area contributed by atoms with Crippen molar-refractivity contribution in [3.05, 3.63) is 71.3 Å². The molecule has 8 nitrogen and oxygen atoms in total. The monoisotopic (exact) mass is 524 g/mol. The molecule has 0 saturated heterocycles. The van der Waals surface area contributed by atoms with Crippen LogP contribution in [-0.4, -0.2) is 33.3 Å². The molecular weight excluding hydrogens is 492 g/mol. The van der Waals surface area contributed by atoms with Gasteiger partial charge in [-0.2, -0.15) is 0 Å². The summed E-state index contributed by atoms with van der Waals surface area (Å²) in [7, 11) is 0. The summed E-state index contributed by atoms with van der Waals surface area (Å²) in [6, 6.07) is 9.40. The van der Waals surface area contributed by atoms with Gasteiger partial charge in [0.2, 0.25) is 0 Å². The van der Waals surface area contributed by atoms with Gasteiger partial charge in [-0.1, -0.05) is 57.0 Å². The Morgan fingerprint density at radius 2 is 1.78 bits per heavy atom. The number of anilines is 2. The van der Waals surface area contributed by atoms with E-state index in [0.29, 0.717) is 17.9 Å². The first-order chi connectivity index (χ1) is 17.4. The molecule has 3 aromatic rings. The minimum Gasteiger partial charge on any atom is -0.480 e. The van der Waals surface area contributed by atoms with Crippen LogP contribution in [0.2, 0.25) is 5.02 Å². The molecule has 2 aromatic carbocycles. The van der Waals surface area contributed by atoms with Crippen LogP contribution in [0, 0.1) is 19.3 Å². The first-order valence-corrected chi connectivity index (χ1v) is 12.5. The number of ketones is 1. The van der Waals surface area contributed by atoms with Crippen molar-refractivity contribution in [2.75, 3.05) is 10.6 Å². The molecule has 0 saturated carbocycles. The number of imidazole rings is 1. The van der Waals surface area contributed by atoms with E-state index in [1.54, 1.807) is 45.2 Å². The molecule has 9 heteroatoms. The van der Waals surface area contributed by atoms with Crippen LogP contribution in [0.3, 0.4) is 0 Å². The first kappa shape index (κ1) is 27.9. The molecule has 0 aliphatic rings. The van der Waals surface area contributed by atoms with E-state index in [4.69, 9.17) is 16.3 Å². The highest BCUT2D eigenvalue weighted by atomic mass is 35.5. The molecule has 0 fully saturated rings. The summed E-state index contributed by atoms with van der Waals surface area (Å²) in [6.45, 7) is 11.0. The maximum atomic E-state index is 13.3. The number of rotatable bonds is 9. The maximum absolute atomic E-state index is 13.3. The third-order valence-corrected chi connectivity index (χ3v) is 6.14. The second-order valence-electron chi connectivity index (χ2n) is 9.98. The Hall–Kier alpha value is -3.65. The molecule has 0 spiro atoms. The van der Waals surface area contributed by atoms with E-state index in [2.05, 4.69) is 15.6 Å². The van der Waals surface area contributed by atoms with Crippen molar-refractivity contribution in [3.8, 4) is 5.75 Å². The van der Waals surface area contributed by atoms with Gasteiger partial charge in [0.1, 0.15) is 5.75 Å². The molecule has 2 atom stereocenters. The molecule has 0 aliphatic heterocycles. The summed E-state index contributed by atoms with van der Waals surface area (Å²) in [4.78, 5) is 43.3. The van der Waals surface area contributed by atoms with Crippen LogP contribution in [0.5, 0.6) is 5.75 Å². The van der Waals surface area contributed by atoms with Crippen molar-refractivity contribution in [3.63, 3.8) is 0 Å². The Bertz CT molecular complexity index is 1280. The zero-order chi connectivity index (χ0) is 27.3. The van der Waals surface area contributed by atoms with Crippen LogP contribution in [0.15, 0.2) is 55.1 Å². The van der Waals surface area contributed by atoms with Crippen LogP contribution in [0.1, 0.15) is 51.3 Å². The van der Waals surface area contributed by atoms with E-state index in [-0.39, 0.29) is 22.4 Å². The highest BCUT2D eigenvalue weighted by Gasteiger charge is 2.36. The van der Waals surface area contributed by atoms with E-state index in [0.717, 1.165) is 11.1 Å². The number of carbonyl (C=O) groups is 3. The van der Waals surface area contributed by atoms with Gasteiger partial charge in [-0.25, -0.2) is 4.98 Å². The molecule has 0 bridgehead atoms. The van der Waals surface area contributed by atoms with Gasteiger partial charge >= 0.3 is 0 Å². The molecule has 196 valence electrons. The van der Waals surface area contributed by atoms with Crippen molar-refractivity contribution in [2.24, 2.45) is 5.41 Å². The van der Waals surface area contributed by atoms with Crippen LogP contribution in [0.4, 0.5) is 11.4 Å². The number of nitrogens with one attached hydrogen (secondary N) is 2. The fraction of sp³-hybridized carbons (Fsp3) is 0.357. The van der Waals surface area contributed by atoms with Gasteiger partial charge in [-0.05, 0) is 50.1 Å². The Kier molecular flexibility index (Phi) is 8.76. The summed E-state index contributed by atoms with van der Waals surface area (Å²) in [5, 5.41) is 5.83. The largest absolute Gasteiger partial charge is 0.480 e. The van der Waals surface area contributed by atoms with E-state index in [1.165, 1.54) is 17.1 Å². The van der Waals surface area contributed by atoms with Crippen molar-refractivity contribution in [1.29, 1.82) is 0 Å². The lowest BCUT2D eigenvalue weighted by molar-refractivity contribution is -0.135. The molecule has 37 heavy (non-hydrogen) atoms. The Labute approximate surface area is 222 Å². The second-order valence-corrected chi connectivity index (χ2v) is 10.4. The van der Waals surface area contributed by atoms with Crippen LogP contribution in [0.25, 0.3) is 0 Å². The van der Waals surface area contributed by atoms with E-state index >= 15 is 0 Å². The predicted molar refractivity (Wildman–Crippen MR) is 145 cm³/mol. The van der Waals surface area contributed by atoms with Crippen LogP contribution < -0.4 is 15.4 Å². The summed E-state index contributed by atoms with van der Waals surface area (Å²) in [6.07, 6.45) is 4.23. The number of amides is 2. The number of hydrogen-bond acceptors (Lipinski definition) is 5.